The number of methoxy groups -OCH3 is 2. The Balaban J connectivity index is 1.84. The minimum Gasteiger partial charge on any atom is -0.493 e. The molecule has 174 valence electrons. The summed E-state index contributed by atoms with van der Waals surface area (Å²) in [4.78, 5) is 13.6. The van der Waals surface area contributed by atoms with Gasteiger partial charge >= 0.3 is 6.09 Å². The Hall–Kier alpha value is -1.75. The molecule has 2 heterocycles. The SMILES string of the molecule is COc1cc2c(cc1OC)C1CC(NC(=O)O)C(NS(=O)(=O)CCCCCl)CN1CC2. The third-order valence-corrected chi connectivity index (χ3v) is 7.70. The van der Waals surface area contributed by atoms with Crippen LogP contribution >= 0.6 is 11.6 Å². The molecule has 0 bridgehead atoms. The highest BCUT2D eigenvalue weighted by atomic mass is 35.5. The molecule has 2 aliphatic rings. The molecule has 1 amide bonds. The van der Waals surface area contributed by atoms with E-state index in [1.54, 1.807) is 14.2 Å². The van der Waals surface area contributed by atoms with E-state index in [4.69, 9.17) is 21.1 Å². The molecule has 1 fully saturated rings. The van der Waals surface area contributed by atoms with Crippen molar-refractivity contribution >= 4 is 27.7 Å². The van der Waals surface area contributed by atoms with E-state index >= 15 is 0 Å². The van der Waals surface area contributed by atoms with Gasteiger partial charge in [-0.3, -0.25) is 4.90 Å². The molecular formula is C20H30ClN3O6S. The van der Waals surface area contributed by atoms with E-state index in [9.17, 15) is 18.3 Å². The van der Waals surface area contributed by atoms with Crippen molar-refractivity contribution in [3.05, 3.63) is 23.3 Å². The number of hydrogen-bond donors (Lipinski definition) is 3. The minimum atomic E-state index is -3.54. The number of unbranched alkanes of at least 4 members (excludes halogenated alkanes) is 1. The zero-order valence-electron chi connectivity index (χ0n) is 17.8. The van der Waals surface area contributed by atoms with Crippen molar-refractivity contribution in [1.82, 2.24) is 14.9 Å². The van der Waals surface area contributed by atoms with Gasteiger partial charge in [0.05, 0.1) is 32.1 Å². The molecule has 0 saturated carbocycles. The van der Waals surface area contributed by atoms with E-state index in [2.05, 4.69) is 14.9 Å². The largest absolute Gasteiger partial charge is 0.493 e. The first-order valence-corrected chi connectivity index (χ1v) is 12.5. The van der Waals surface area contributed by atoms with Crippen molar-refractivity contribution in [3.8, 4) is 11.5 Å². The number of halogens is 1. The Morgan fingerprint density at radius 2 is 1.94 bits per heavy atom. The highest BCUT2D eigenvalue weighted by Gasteiger charge is 2.41. The number of fused-ring (bicyclic) bond motifs is 3. The van der Waals surface area contributed by atoms with Gasteiger partial charge in [0.1, 0.15) is 0 Å². The lowest BCUT2D eigenvalue weighted by Crippen LogP contribution is -2.62. The Kier molecular flexibility index (Phi) is 7.90. The number of alkyl halides is 1. The van der Waals surface area contributed by atoms with Crippen LogP contribution in [0.4, 0.5) is 4.79 Å². The predicted molar refractivity (Wildman–Crippen MR) is 118 cm³/mol. The maximum Gasteiger partial charge on any atom is 0.404 e. The summed E-state index contributed by atoms with van der Waals surface area (Å²) in [5.74, 6) is 1.66. The molecule has 1 saturated heterocycles. The summed E-state index contributed by atoms with van der Waals surface area (Å²) in [7, 11) is -0.372. The van der Waals surface area contributed by atoms with E-state index in [0.717, 1.165) is 24.1 Å². The molecule has 3 rings (SSSR count). The molecule has 1 aromatic rings. The molecule has 11 heteroatoms. The maximum atomic E-state index is 12.5. The number of amides is 1. The fourth-order valence-electron chi connectivity index (χ4n) is 4.47. The monoisotopic (exact) mass is 475 g/mol. The maximum absolute atomic E-state index is 12.5. The third kappa shape index (κ3) is 5.74. The van der Waals surface area contributed by atoms with E-state index in [-0.39, 0.29) is 11.8 Å². The van der Waals surface area contributed by atoms with Gasteiger partial charge in [-0.1, -0.05) is 0 Å². The number of sulfonamides is 1. The fourth-order valence-corrected chi connectivity index (χ4v) is 6.06. The van der Waals surface area contributed by atoms with Crippen LogP contribution in [0.2, 0.25) is 0 Å². The molecule has 9 nitrogen and oxygen atoms in total. The van der Waals surface area contributed by atoms with Gasteiger partial charge in [-0.2, -0.15) is 0 Å². The first-order valence-electron chi connectivity index (χ1n) is 10.3. The van der Waals surface area contributed by atoms with Crippen LogP contribution in [0.1, 0.15) is 36.4 Å². The van der Waals surface area contributed by atoms with Crippen LogP contribution in [-0.2, 0) is 16.4 Å². The molecule has 3 unspecified atom stereocenters. The average Bonchev–Trinajstić information content (AvgIpc) is 2.72. The third-order valence-electron chi connectivity index (χ3n) is 5.94. The predicted octanol–water partition coefficient (Wildman–Crippen LogP) is 1.95. The van der Waals surface area contributed by atoms with Gasteiger partial charge in [0.15, 0.2) is 11.5 Å². The quantitative estimate of drug-likeness (QED) is 0.369. The molecule has 2 aliphatic heterocycles. The van der Waals surface area contributed by atoms with Crippen LogP contribution < -0.4 is 19.5 Å². The zero-order valence-corrected chi connectivity index (χ0v) is 19.3. The number of carbonyl (C=O) groups is 1. The van der Waals surface area contributed by atoms with Crippen LogP contribution in [-0.4, -0.2) is 75.5 Å². The molecule has 3 N–H and O–H groups in total. The number of carboxylic acid groups (broad SMARTS) is 1. The molecular weight excluding hydrogens is 446 g/mol. The topological polar surface area (TPSA) is 117 Å². The Morgan fingerprint density at radius 1 is 1.23 bits per heavy atom. The van der Waals surface area contributed by atoms with Crippen molar-refractivity contribution < 1.29 is 27.8 Å². The van der Waals surface area contributed by atoms with Crippen LogP contribution in [0, 0.1) is 0 Å². The molecule has 0 radical (unpaired) electrons. The van der Waals surface area contributed by atoms with Gasteiger partial charge in [-0.15, -0.1) is 11.6 Å². The number of benzene rings is 1. The fraction of sp³-hybridized carbons (Fsp3) is 0.650. The normalized spacial score (nSPS) is 23.5. The molecule has 0 spiro atoms. The van der Waals surface area contributed by atoms with Crippen molar-refractivity contribution in [3.63, 3.8) is 0 Å². The lowest BCUT2D eigenvalue weighted by molar-refractivity contribution is 0.0922. The Labute approximate surface area is 188 Å². The summed E-state index contributed by atoms with van der Waals surface area (Å²) in [6.07, 6.45) is 1.14. The second-order valence-corrected chi connectivity index (χ2v) is 10.1. The number of nitrogens with zero attached hydrogens (tertiary/aromatic N) is 1. The number of nitrogens with one attached hydrogen (secondary N) is 2. The van der Waals surface area contributed by atoms with Crippen molar-refractivity contribution in [2.45, 2.75) is 43.8 Å². The van der Waals surface area contributed by atoms with Crippen LogP contribution in [0.3, 0.4) is 0 Å². The summed E-state index contributed by atoms with van der Waals surface area (Å²) in [6, 6.07) is 2.77. The second-order valence-electron chi connectivity index (χ2n) is 7.90. The van der Waals surface area contributed by atoms with Gasteiger partial charge in [0.2, 0.25) is 10.0 Å². The van der Waals surface area contributed by atoms with Crippen LogP contribution in [0.25, 0.3) is 0 Å². The minimum absolute atomic E-state index is 0.0285. The van der Waals surface area contributed by atoms with E-state index < -0.39 is 28.2 Å². The smallest absolute Gasteiger partial charge is 0.404 e. The summed E-state index contributed by atoms with van der Waals surface area (Å²) < 4.78 is 38.7. The number of piperidine rings is 1. The van der Waals surface area contributed by atoms with Crippen LogP contribution in [0.15, 0.2) is 12.1 Å². The lowest BCUT2D eigenvalue weighted by Gasteiger charge is -2.47. The summed E-state index contributed by atoms with van der Waals surface area (Å²) in [6.45, 7) is 1.16. The molecule has 31 heavy (non-hydrogen) atoms. The highest BCUT2D eigenvalue weighted by Crippen LogP contribution is 2.41. The average molecular weight is 476 g/mol. The summed E-state index contributed by atoms with van der Waals surface area (Å²) in [5, 5.41) is 11.9. The highest BCUT2D eigenvalue weighted by molar-refractivity contribution is 7.89. The number of ether oxygens (including phenoxy) is 2. The Bertz CT molecular complexity index is 897. The molecule has 0 aliphatic carbocycles. The molecule has 1 aromatic carbocycles. The van der Waals surface area contributed by atoms with Gasteiger partial charge < -0.3 is 19.9 Å². The van der Waals surface area contributed by atoms with E-state index in [1.165, 1.54) is 0 Å². The molecule has 0 aromatic heterocycles. The van der Waals surface area contributed by atoms with Crippen molar-refractivity contribution in [1.29, 1.82) is 0 Å². The Morgan fingerprint density at radius 3 is 2.58 bits per heavy atom. The number of rotatable bonds is 9. The van der Waals surface area contributed by atoms with Crippen LogP contribution in [0.5, 0.6) is 11.5 Å². The van der Waals surface area contributed by atoms with E-state index in [0.29, 0.717) is 43.2 Å². The van der Waals surface area contributed by atoms with Gasteiger partial charge in [-0.05, 0) is 48.9 Å². The van der Waals surface area contributed by atoms with Crippen molar-refractivity contribution in [2.24, 2.45) is 0 Å². The summed E-state index contributed by atoms with van der Waals surface area (Å²) in [5.41, 5.74) is 2.19. The standard InChI is InChI=1S/C20H30ClN3O6S/c1-29-18-9-13-5-7-24-12-16(23-31(27,28)8-4-3-6-21)15(22-20(25)26)11-17(24)14(13)10-19(18)30-2/h9-10,15-17,22-23H,3-8,11-12H2,1-2H3,(H,25,26). The molecule has 3 atom stereocenters. The van der Waals surface area contributed by atoms with Crippen molar-refractivity contribution in [2.75, 3.05) is 38.9 Å². The van der Waals surface area contributed by atoms with Gasteiger partial charge in [-0.25, -0.2) is 17.9 Å². The number of hydrogen-bond acceptors (Lipinski definition) is 6. The zero-order chi connectivity index (χ0) is 22.6. The van der Waals surface area contributed by atoms with Gasteiger partial charge in [0, 0.05) is 25.0 Å². The first kappa shape index (κ1) is 23.9. The second kappa shape index (κ2) is 10.2. The lowest BCUT2D eigenvalue weighted by atomic mass is 9.83. The summed E-state index contributed by atoms with van der Waals surface area (Å²) >= 11 is 5.65. The van der Waals surface area contributed by atoms with E-state index in [1.807, 2.05) is 12.1 Å². The first-order chi connectivity index (χ1) is 14.8. The van der Waals surface area contributed by atoms with Gasteiger partial charge in [0.25, 0.3) is 0 Å².